The zero-order valence-corrected chi connectivity index (χ0v) is 24.7. The molecule has 4 aromatic carbocycles. The van der Waals surface area contributed by atoms with E-state index in [-0.39, 0.29) is 5.41 Å². The lowest BCUT2D eigenvalue weighted by atomic mass is 9.78. The second kappa shape index (κ2) is 10.7. The van der Waals surface area contributed by atoms with Crippen LogP contribution in [0.4, 0.5) is 0 Å². The van der Waals surface area contributed by atoms with Crippen molar-refractivity contribution in [1.82, 2.24) is 9.97 Å². The number of aryl methyl sites for hydroxylation is 2. The Labute approximate surface area is 249 Å². The summed E-state index contributed by atoms with van der Waals surface area (Å²) in [4.78, 5) is 8.87. The first-order chi connectivity index (χ1) is 19.7. The molecule has 0 aliphatic carbocycles. The van der Waals surface area contributed by atoms with Crippen LogP contribution in [0.15, 0.2) is 97.1 Å². The van der Waals surface area contributed by atoms with Crippen molar-refractivity contribution < 1.29 is 9.47 Å². The molecule has 4 nitrogen and oxygen atoms in total. The minimum absolute atomic E-state index is 0.245. The molecule has 41 heavy (non-hydrogen) atoms. The highest BCUT2D eigenvalue weighted by Crippen LogP contribution is 2.37. The number of hydrogen-bond donors (Lipinski definition) is 0. The van der Waals surface area contributed by atoms with Crippen LogP contribution in [0.1, 0.15) is 36.1 Å². The van der Waals surface area contributed by atoms with Crippen molar-refractivity contribution in [2.45, 2.75) is 33.1 Å². The Morgan fingerprint density at radius 1 is 0.537 bits per heavy atom. The monoisotopic (exact) mass is 578 g/mol. The Kier molecular flexibility index (Phi) is 7.06. The Balaban J connectivity index is 1.22. The van der Waals surface area contributed by atoms with Gasteiger partial charge in [-0.1, -0.05) is 73.4 Å². The van der Waals surface area contributed by atoms with Gasteiger partial charge in [-0.15, -0.1) is 0 Å². The Bertz CT molecular complexity index is 1750. The third-order valence-electron chi connectivity index (χ3n) is 7.40. The molecule has 0 saturated heterocycles. The van der Waals surface area contributed by atoms with E-state index in [1.165, 1.54) is 0 Å². The average molecular weight is 580 g/mol. The molecule has 0 unspecified atom stereocenters. The quantitative estimate of drug-likeness (QED) is 0.184. The lowest BCUT2D eigenvalue weighted by molar-refractivity contribution is 0.486. The first-order valence-corrected chi connectivity index (χ1v) is 14.1. The smallest absolute Gasteiger partial charge is 0.139 e. The number of ether oxygens (including phenoxy) is 2. The van der Waals surface area contributed by atoms with Crippen molar-refractivity contribution in [1.29, 1.82) is 0 Å². The zero-order chi connectivity index (χ0) is 28.7. The summed E-state index contributed by atoms with van der Waals surface area (Å²) < 4.78 is 12.5. The minimum Gasteiger partial charge on any atom is -0.457 e. The van der Waals surface area contributed by atoms with Gasteiger partial charge in [0.2, 0.25) is 0 Å². The van der Waals surface area contributed by atoms with Crippen LogP contribution in [0.5, 0.6) is 23.0 Å². The molecule has 0 N–H and O–H groups in total. The van der Waals surface area contributed by atoms with E-state index >= 15 is 0 Å². The topological polar surface area (TPSA) is 44.2 Å². The van der Waals surface area contributed by atoms with Crippen LogP contribution < -0.4 is 9.47 Å². The summed E-state index contributed by atoms with van der Waals surface area (Å²) in [6, 6.07) is 32.0. The second-order valence-corrected chi connectivity index (χ2v) is 11.6. The van der Waals surface area contributed by atoms with Crippen LogP contribution in [0.3, 0.4) is 0 Å². The molecule has 6 rings (SSSR count). The molecule has 0 radical (unpaired) electrons. The molecule has 6 heteroatoms. The van der Waals surface area contributed by atoms with E-state index < -0.39 is 0 Å². The van der Waals surface area contributed by atoms with Crippen molar-refractivity contribution in [2.75, 3.05) is 0 Å². The Hall–Kier alpha value is -4.12. The third kappa shape index (κ3) is 5.58. The van der Waals surface area contributed by atoms with Crippen LogP contribution in [-0.2, 0) is 5.41 Å². The van der Waals surface area contributed by atoms with E-state index in [0.29, 0.717) is 21.8 Å². The van der Waals surface area contributed by atoms with E-state index in [0.717, 1.165) is 55.6 Å². The second-order valence-electron chi connectivity index (χ2n) is 10.8. The summed E-state index contributed by atoms with van der Waals surface area (Å²) in [7, 11) is 0. The molecule has 0 aliphatic rings. The molecule has 0 amide bonds. The fourth-order valence-electron chi connectivity index (χ4n) is 5.02. The molecular weight excluding hydrogens is 551 g/mol. The largest absolute Gasteiger partial charge is 0.457 e. The number of nitrogens with zero attached hydrogens (tertiary/aromatic N) is 2. The highest BCUT2D eigenvalue weighted by Gasteiger charge is 2.23. The van der Waals surface area contributed by atoms with Crippen LogP contribution in [0.2, 0.25) is 10.3 Å². The van der Waals surface area contributed by atoms with Crippen molar-refractivity contribution in [3.63, 3.8) is 0 Å². The average Bonchev–Trinajstić information content (AvgIpc) is 2.93. The summed E-state index contributed by atoms with van der Waals surface area (Å²) in [5.41, 5.74) is 5.94. The highest BCUT2D eigenvalue weighted by molar-refractivity contribution is 6.30. The van der Waals surface area contributed by atoms with E-state index in [4.69, 9.17) is 32.7 Å². The highest BCUT2D eigenvalue weighted by atomic mass is 35.5. The van der Waals surface area contributed by atoms with E-state index in [1.807, 2.05) is 74.5 Å². The Morgan fingerprint density at radius 2 is 0.927 bits per heavy atom. The molecule has 0 spiro atoms. The van der Waals surface area contributed by atoms with Gasteiger partial charge in [-0.2, -0.15) is 0 Å². The number of aromatic nitrogens is 2. The summed E-state index contributed by atoms with van der Waals surface area (Å²) in [5.74, 6) is 2.83. The maximum absolute atomic E-state index is 6.28. The molecule has 0 atom stereocenters. The molecule has 2 heterocycles. The number of hydrogen-bond acceptors (Lipinski definition) is 4. The summed E-state index contributed by atoms with van der Waals surface area (Å²) in [5, 5.41) is 2.64. The normalized spacial score (nSPS) is 11.7. The van der Waals surface area contributed by atoms with Gasteiger partial charge in [0.05, 0.1) is 11.0 Å². The Morgan fingerprint density at radius 3 is 1.32 bits per heavy atom. The first-order valence-electron chi connectivity index (χ1n) is 13.4. The van der Waals surface area contributed by atoms with Gasteiger partial charge in [-0.05, 0) is 84.6 Å². The fraction of sp³-hybridized carbons (Fsp3) is 0.143. The first kappa shape index (κ1) is 27.1. The van der Waals surface area contributed by atoms with Gasteiger partial charge >= 0.3 is 0 Å². The minimum atomic E-state index is -0.245. The lowest BCUT2D eigenvalue weighted by Crippen LogP contribution is -2.18. The molecule has 204 valence electrons. The van der Waals surface area contributed by atoms with E-state index in [9.17, 15) is 0 Å². The molecule has 0 bridgehead atoms. The van der Waals surface area contributed by atoms with Crippen molar-refractivity contribution in [2.24, 2.45) is 0 Å². The van der Waals surface area contributed by atoms with Crippen molar-refractivity contribution >= 4 is 45.0 Å². The molecule has 2 aromatic heterocycles. The standard InChI is InChI=1S/C35H28Cl2N2O2/c1-21-5-15-27-29(17-21)38-33(36)19-31(27)40-25-11-7-23(8-12-25)35(3,4)24-9-13-26(14-10-24)41-32-20-34(37)39-30-18-22(2)6-16-28(30)32/h5-20H,1-4H3. The number of benzene rings is 4. The van der Waals surface area contributed by atoms with Gasteiger partial charge in [0.1, 0.15) is 33.3 Å². The molecular formula is C35H28Cl2N2O2. The van der Waals surface area contributed by atoms with Crippen LogP contribution in [-0.4, -0.2) is 9.97 Å². The van der Waals surface area contributed by atoms with Crippen molar-refractivity contribution in [3.05, 3.63) is 130 Å². The number of halogens is 2. The molecule has 0 fully saturated rings. The van der Waals surface area contributed by atoms with Gasteiger partial charge < -0.3 is 9.47 Å². The van der Waals surface area contributed by atoms with E-state index in [1.54, 1.807) is 12.1 Å². The number of rotatable bonds is 6. The van der Waals surface area contributed by atoms with Gasteiger partial charge in [-0.3, -0.25) is 0 Å². The number of fused-ring (bicyclic) bond motifs is 2. The van der Waals surface area contributed by atoms with Crippen LogP contribution in [0, 0.1) is 13.8 Å². The fourth-order valence-corrected chi connectivity index (χ4v) is 5.40. The van der Waals surface area contributed by atoms with Gasteiger partial charge in [-0.25, -0.2) is 9.97 Å². The maximum atomic E-state index is 6.28. The van der Waals surface area contributed by atoms with Crippen LogP contribution >= 0.6 is 23.2 Å². The van der Waals surface area contributed by atoms with E-state index in [2.05, 4.69) is 48.1 Å². The molecule has 0 saturated carbocycles. The number of pyridine rings is 2. The third-order valence-corrected chi connectivity index (χ3v) is 7.79. The zero-order valence-electron chi connectivity index (χ0n) is 23.2. The molecule has 6 aromatic rings. The summed E-state index contributed by atoms with van der Waals surface area (Å²) in [6.07, 6.45) is 0. The lowest BCUT2D eigenvalue weighted by Gasteiger charge is -2.26. The van der Waals surface area contributed by atoms with Gasteiger partial charge in [0, 0.05) is 28.3 Å². The maximum Gasteiger partial charge on any atom is 0.139 e. The molecule has 0 aliphatic heterocycles. The van der Waals surface area contributed by atoms with Crippen LogP contribution in [0.25, 0.3) is 21.8 Å². The summed E-state index contributed by atoms with van der Waals surface area (Å²) >= 11 is 12.6. The summed E-state index contributed by atoms with van der Waals surface area (Å²) in [6.45, 7) is 8.47. The predicted octanol–water partition coefficient (Wildman–Crippen LogP) is 10.6. The van der Waals surface area contributed by atoms with Crippen molar-refractivity contribution in [3.8, 4) is 23.0 Å². The predicted molar refractivity (Wildman–Crippen MR) is 168 cm³/mol. The SMILES string of the molecule is Cc1ccc2c(Oc3ccc(C(C)(C)c4ccc(Oc5cc(Cl)nc6cc(C)ccc56)cc4)cc3)cc(Cl)nc2c1. The van der Waals surface area contributed by atoms with Gasteiger partial charge in [0.25, 0.3) is 0 Å². The van der Waals surface area contributed by atoms with Gasteiger partial charge in [0.15, 0.2) is 0 Å².